The first-order valence-corrected chi connectivity index (χ1v) is 12.0. The number of anilines is 2. The van der Waals surface area contributed by atoms with E-state index < -0.39 is 30.1 Å². The van der Waals surface area contributed by atoms with E-state index in [1.807, 2.05) is 17.9 Å². The topological polar surface area (TPSA) is 87.8 Å². The number of hydrogen-bond donors (Lipinski definition) is 0. The lowest BCUT2D eigenvalue weighted by molar-refractivity contribution is -0.228. The molecule has 5 rings (SSSR count). The smallest absolute Gasteiger partial charge is 0.414 e. The van der Waals surface area contributed by atoms with Gasteiger partial charge in [-0.05, 0) is 26.0 Å². The van der Waals surface area contributed by atoms with Crippen molar-refractivity contribution in [2.45, 2.75) is 32.2 Å². The van der Waals surface area contributed by atoms with Gasteiger partial charge in [0, 0.05) is 51.2 Å². The van der Waals surface area contributed by atoms with Crippen LogP contribution in [0.15, 0.2) is 22.7 Å². The number of pyridine rings is 2. The van der Waals surface area contributed by atoms with Crippen LogP contribution in [0.4, 0.5) is 29.4 Å². The fraction of sp³-hybridized carbons (Fsp3) is 0.478. The number of alkyl halides is 3. The summed E-state index contributed by atoms with van der Waals surface area (Å²) in [4.78, 5) is 30.7. The molecule has 9 nitrogen and oxygen atoms in total. The summed E-state index contributed by atoms with van der Waals surface area (Å²) in [5.74, 6) is -1.50. The Morgan fingerprint density at radius 2 is 1.86 bits per heavy atom. The van der Waals surface area contributed by atoms with Gasteiger partial charge in [-0.2, -0.15) is 18.2 Å². The van der Waals surface area contributed by atoms with Crippen molar-refractivity contribution in [1.82, 2.24) is 19.9 Å². The summed E-state index contributed by atoms with van der Waals surface area (Å²) in [6.07, 6.45) is -5.92. The summed E-state index contributed by atoms with van der Waals surface area (Å²) in [6.45, 7) is 4.37. The highest BCUT2D eigenvalue weighted by Gasteiger charge is 2.42. The molecule has 2 fully saturated rings. The number of aromatic nitrogens is 3. The second-order valence-corrected chi connectivity index (χ2v) is 9.40. The van der Waals surface area contributed by atoms with Gasteiger partial charge in [-0.1, -0.05) is 11.6 Å². The summed E-state index contributed by atoms with van der Waals surface area (Å²) in [6, 6.07) is 4.05. The molecule has 2 saturated heterocycles. The van der Waals surface area contributed by atoms with Crippen molar-refractivity contribution in [2.24, 2.45) is 0 Å². The standard InChI is InChI=1S/C23H23ClF4N6O3/c1-12-3-4-16-19(30-12)31-22(37-16)33-7-5-32(6-8-33)21(35)15-9-29-20(18(25)17(15)24)34-10-14(11-34)36-13(2)23(26,27)28/h3-4,9,13-14H,5-8,10-11H2,1-2H3/t13-/m0/s1. The Hall–Kier alpha value is -3.19. The van der Waals surface area contributed by atoms with Crippen molar-refractivity contribution in [2.75, 3.05) is 49.1 Å². The lowest BCUT2D eigenvalue weighted by Crippen LogP contribution is -2.55. The van der Waals surface area contributed by atoms with Gasteiger partial charge in [0.15, 0.2) is 23.3 Å². The number of amides is 1. The van der Waals surface area contributed by atoms with Gasteiger partial charge >= 0.3 is 6.18 Å². The van der Waals surface area contributed by atoms with E-state index in [-0.39, 0.29) is 29.5 Å². The number of rotatable bonds is 5. The van der Waals surface area contributed by atoms with Gasteiger partial charge in [-0.3, -0.25) is 4.79 Å². The molecular weight excluding hydrogens is 520 g/mol. The highest BCUT2D eigenvalue weighted by atomic mass is 35.5. The molecule has 0 spiro atoms. The Bertz CT molecular complexity index is 1320. The SMILES string of the molecule is Cc1ccc2oc(N3CCN(C(=O)c4cnc(N5CC(O[C@@H](C)C(F)(F)F)C5)c(F)c4Cl)CC3)nc2n1. The zero-order valence-electron chi connectivity index (χ0n) is 19.9. The molecule has 0 unspecified atom stereocenters. The maximum atomic E-state index is 15.0. The predicted molar refractivity (Wildman–Crippen MR) is 126 cm³/mol. The number of fused-ring (bicyclic) bond motifs is 1. The van der Waals surface area contributed by atoms with Crippen LogP contribution in [0.25, 0.3) is 11.2 Å². The van der Waals surface area contributed by atoms with Crippen LogP contribution in [0.5, 0.6) is 0 Å². The quantitative estimate of drug-likeness (QED) is 0.450. The highest BCUT2D eigenvalue weighted by molar-refractivity contribution is 6.34. The van der Waals surface area contributed by atoms with Crippen molar-refractivity contribution < 1.29 is 31.5 Å². The molecule has 0 radical (unpaired) electrons. The highest BCUT2D eigenvalue weighted by Crippen LogP contribution is 2.32. The molecule has 0 saturated carbocycles. The van der Waals surface area contributed by atoms with E-state index in [1.165, 1.54) is 16.0 Å². The minimum Gasteiger partial charge on any atom is -0.422 e. The normalized spacial score (nSPS) is 17.9. The molecule has 0 N–H and O–H groups in total. The summed E-state index contributed by atoms with van der Waals surface area (Å²) < 4.78 is 63.7. The number of carbonyl (C=O) groups is 1. The average Bonchev–Trinajstić information content (AvgIpc) is 3.25. The lowest BCUT2D eigenvalue weighted by Gasteiger charge is -2.41. The monoisotopic (exact) mass is 542 g/mol. The Morgan fingerprint density at radius 1 is 1.16 bits per heavy atom. The number of aryl methyl sites for hydroxylation is 1. The van der Waals surface area contributed by atoms with Crippen LogP contribution >= 0.6 is 11.6 Å². The number of nitrogens with zero attached hydrogens (tertiary/aromatic N) is 6. The summed E-state index contributed by atoms with van der Waals surface area (Å²) in [5.41, 5.74) is 1.82. The molecule has 14 heteroatoms. The van der Waals surface area contributed by atoms with Crippen LogP contribution in [0.3, 0.4) is 0 Å². The summed E-state index contributed by atoms with van der Waals surface area (Å²) in [5, 5.41) is -0.383. The Morgan fingerprint density at radius 3 is 2.54 bits per heavy atom. The van der Waals surface area contributed by atoms with Crippen molar-refractivity contribution in [1.29, 1.82) is 0 Å². The van der Waals surface area contributed by atoms with Crippen molar-refractivity contribution in [3.8, 4) is 0 Å². The molecule has 3 aromatic rings. The van der Waals surface area contributed by atoms with E-state index >= 15 is 0 Å². The Balaban J connectivity index is 1.20. The van der Waals surface area contributed by atoms with E-state index in [2.05, 4.69) is 15.0 Å². The maximum absolute atomic E-state index is 15.0. The molecule has 0 aromatic carbocycles. The Kier molecular flexibility index (Phi) is 6.61. The van der Waals surface area contributed by atoms with Gasteiger partial charge in [0.1, 0.15) is 0 Å². The van der Waals surface area contributed by atoms with Crippen molar-refractivity contribution in [3.63, 3.8) is 0 Å². The first-order valence-electron chi connectivity index (χ1n) is 11.6. The van der Waals surface area contributed by atoms with E-state index in [0.717, 1.165) is 12.6 Å². The van der Waals surface area contributed by atoms with Crippen LogP contribution in [-0.4, -0.2) is 83.4 Å². The molecule has 0 aliphatic carbocycles. The molecule has 5 heterocycles. The van der Waals surface area contributed by atoms with Gasteiger partial charge < -0.3 is 23.9 Å². The summed E-state index contributed by atoms with van der Waals surface area (Å²) in [7, 11) is 0. The minimum atomic E-state index is -4.47. The molecule has 198 valence electrons. The van der Waals surface area contributed by atoms with E-state index in [4.69, 9.17) is 20.8 Å². The van der Waals surface area contributed by atoms with Crippen LogP contribution in [0.2, 0.25) is 5.02 Å². The fourth-order valence-electron chi connectivity index (χ4n) is 4.20. The third-order valence-corrected chi connectivity index (χ3v) is 6.77. The van der Waals surface area contributed by atoms with Crippen LogP contribution < -0.4 is 9.80 Å². The van der Waals surface area contributed by atoms with Crippen molar-refractivity contribution >= 4 is 40.6 Å². The molecule has 2 aliphatic heterocycles. The number of carbonyl (C=O) groups excluding carboxylic acids is 1. The fourth-order valence-corrected chi connectivity index (χ4v) is 4.41. The molecule has 1 amide bonds. The van der Waals surface area contributed by atoms with Gasteiger partial charge in [0.25, 0.3) is 11.9 Å². The first-order chi connectivity index (χ1) is 17.5. The van der Waals surface area contributed by atoms with E-state index in [0.29, 0.717) is 43.4 Å². The second kappa shape index (κ2) is 9.60. The van der Waals surface area contributed by atoms with E-state index in [1.54, 1.807) is 6.07 Å². The summed E-state index contributed by atoms with van der Waals surface area (Å²) >= 11 is 6.19. The first kappa shape index (κ1) is 25.5. The van der Waals surface area contributed by atoms with Gasteiger partial charge in [-0.25, -0.2) is 14.4 Å². The minimum absolute atomic E-state index is 0.0286. The van der Waals surface area contributed by atoms with Gasteiger partial charge in [-0.15, -0.1) is 0 Å². The van der Waals surface area contributed by atoms with Crippen molar-refractivity contribution in [3.05, 3.63) is 40.4 Å². The van der Waals surface area contributed by atoms with Crippen LogP contribution in [0, 0.1) is 12.7 Å². The molecule has 1 atom stereocenters. The lowest BCUT2D eigenvalue weighted by atomic mass is 10.1. The van der Waals surface area contributed by atoms with Crippen LogP contribution in [-0.2, 0) is 4.74 Å². The zero-order valence-corrected chi connectivity index (χ0v) is 20.7. The third kappa shape index (κ3) is 5.01. The molecular formula is C23H23ClF4N6O3. The van der Waals surface area contributed by atoms with Gasteiger partial charge in [0.2, 0.25) is 5.65 Å². The number of oxazole rings is 1. The zero-order chi connectivity index (χ0) is 26.5. The molecule has 37 heavy (non-hydrogen) atoms. The van der Waals surface area contributed by atoms with E-state index in [9.17, 15) is 22.4 Å². The Labute approximate surface area is 214 Å². The number of piperazine rings is 1. The average molecular weight is 543 g/mol. The number of halogens is 5. The van der Waals surface area contributed by atoms with Crippen LogP contribution in [0.1, 0.15) is 23.0 Å². The largest absolute Gasteiger partial charge is 0.422 e. The maximum Gasteiger partial charge on any atom is 0.414 e. The molecule has 2 aliphatic rings. The predicted octanol–water partition coefficient (Wildman–Crippen LogP) is 3.84. The van der Waals surface area contributed by atoms with Gasteiger partial charge in [0.05, 0.1) is 16.7 Å². The molecule has 3 aromatic heterocycles. The third-order valence-electron chi connectivity index (χ3n) is 6.40. The second-order valence-electron chi connectivity index (χ2n) is 9.02. The number of ether oxygens (including phenoxy) is 1. The number of hydrogen-bond acceptors (Lipinski definition) is 8. The molecule has 0 bridgehead atoms.